The lowest BCUT2D eigenvalue weighted by molar-refractivity contribution is -0.119. The summed E-state index contributed by atoms with van der Waals surface area (Å²) in [5.74, 6) is 3.09. The summed E-state index contributed by atoms with van der Waals surface area (Å²) < 4.78 is 6.54. The van der Waals surface area contributed by atoms with Crippen molar-refractivity contribution in [3.8, 4) is 5.75 Å². The maximum absolute atomic E-state index is 11.4. The third-order valence-electron chi connectivity index (χ3n) is 5.61. The normalized spacial score (nSPS) is 16.8. The van der Waals surface area contributed by atoms with Gasteiger partial charge >= 0.3 is 0 Å². The van der Waals surface area contributed by atoms with E-state index < -0.39 is 0 Å². The number of carbonyl (C=O) groups is 1. The fraction of sp³-hybridized carbons (Fsp3) is 0.391. The van der Waals surface area contributed by atoms with E-state index in [2.05, 4.69) is 53.3 Å². The van der Waals surface area contributed by atoms with Crippen molar-refractivity contribution in [1.29, 1.82) is 0 Å². The number of ether oxygens (including phenoxy) is 1. The second-order valence-corrected chi connectivity index (χ2v) is 8.98. The molecule has 3 heterocycles. The van der Waals surface area contributed by atoms with Crippen molar-refractivity contribution in [2.24, 2.45) is 0 Å². The molecule has 4 rings (SSSR count). The van der Waals surface area contributed by atoms with E-state index in [0.29, 0.717) is 5.82 Å². The number of nitrogens with zero attached hydrogens (tertiary/aromatic N) is 4. The standard InChI is InChI=1S/C23H27BrN6O2/c1-13(18-9-16(24)5-6-21(18)32-4)26-23-19-10-22(25-11-20(19)27-14(2)28-23)30-8-7-17(12-30)29-15(3)31/h5-6,9-11,13,17H,7-8,12H2,1-4H3,(H,29,31)(H,26,27,28)/t13-,17-/m1/s1. The fourth-order valence-corrected chi connectivity index (χ4v) is 4.50. The first-order valence-corrected chi connectivity index (χ1v) is 11.4. The van der Waals surface area contributed by atoms with Crippen molar-refractivity contribution in [3.05, 3.63) is 46.3 Å². The topological polar surface area (TPSA) is 92.3 Å². The van der Waals surface area contributed by atoms with Crippen LogP contribution in [0.25, 0.3) is 10.9 Å². The van der Waals surface area contributed by atoms with Crippen LogP contribution in [0.1, 0.15) is 37.7 Å². The van der Waals surface area contributed by atoms with E-state index in [1.54, 1.807) is 20.2 Å². The third-order valence-corrected chi connectivity index (χ3v) is 6.10. The average Bonchev–Trinajstić information content (AvgIpc) is 3.21. The number of anilines is 2. The number of aryl methyl sites for hydroxylation is 1. The summed E-state index contributed by atoms with van der Waals surface area (Å²) in [5.41, 5.74) is 1.81. The van der Waals surface area contributed by atoms with Crippen LogP contribution in [0.3, 0.4) is 0 Å². The summed E-state index contributed by atoms with van der Waals surface area (Å²) in [6, 6.07) is 8.07. The Morgan fingerprint density at radius 2 is 2.12 bits per heavy atom. The minimum Gasteiger partial charge on any atom is -0.496 e. The third kappa shape index (κ3) is 4.77. The van der Waals surface area contributed by atoms with Crippen molar-refractivity contribution >= 4 is 44.4 Å². The molecule has 0 spiro atoms. The van der Waals surface area contributed by atoms with Gasteiger partial charge < -0.3 is 20.3 Å². The van der Waals surface area contributed by atoms with Crippen LogP contribution in [0, 0.1) is 6.92 Å². The molecule has 2 N–H and O–H groups in total. The zero-order valence-corrected chi connectivity index (χ0v) is 20.2. The largest absolute Gasteiger partial charge is 0.496 e. The Bertz CT molecular complexity index is 1150. The van der Waals surface area contributed by atoms with Gasteiger partial charge in [-0.05, 0) is 44.5 Å². The summed E-state index contributed by atoms with van der Waals surface area (Å²) in [7, 11) is 1.67. The highest BCUT2D eigenvalue weighted by atomic mass is 79.9. The number of carbonyl (C=O) groups excluding carboxylic acids is 1. The molecule has 0 unspecified atom stereocenters. The van der Waals surface area contributed by atoms with Crippen molar-refractivity contribution in [2.75, 3.05) is 30.4 Å². The fourth-order valence-electron chi connectivity index (χ4n) is 4.12. The number of hydrogen-bond acceptors (Lipinski definition) is 7. The van der Waals surface area contributed by atoms with Crippen LogP contribution < -0.4 is 20.3 Å². The number of halogens is 1. The molecule has 1 amide bonds. The van der Waals surface area contributed by atoms with Gasteiger partial charge in [-0.15, -0.1) is 0 Å². The molecule has 0 bridgehead atoms. The number of aromatic nitrogens is 3. The lowest BCUT2D eigenvalue weighted by Crippen LogP contribution is -2.35. The van der Waals surface area contributed by atoms with Crippen LogP contribution in [-0.2, 0) is 4.79 Å². The van der Waals surface area contributed by atoms with E-state index >= 15 is 0 Å². The van der Waals surface area contributed by atoms with Crippen LogP contribution in [-0.4, -0.2) is 47.1 Å². The predicted molar refractivity (Wildman–Crippen MR) is 129 cm³/mol. The highest BCUT2D eigenvalue weighted by molar-refractivity contribution is 9.10. The number of amides is 1. The molecule has 32 heavy (non-hydrogen) atoms. The van der Waals surface area contributed by atoms with Crippen molar-refractivity contribution in [2.45, 2.75) is 39.3 Å². The Morgan fingerprint density at radius 1 is 1.31 bits per heavy atom. The molecule has 3 aromatic rings. The van der Waals surface area contributed by atoms with Gasteiger partial charge in [-0.2, -0.15) is 0 Å². The van der Waals surface area contributed by atoms with Crippen LogP contribution in [0.2, 0.25) is 0 Å². The monoisotopic (exact) mass is 498 g/mol. The zero-order valence-electron chi connectivity index (χ0n) is 18.6. The highest BCUT2D eigenvalue weighted by Crippen LogP contribution is 2.33. The van der Waals surface area contributed by atoms with Gasteiger partial charge in [-0.1, -0.05) is 15.9 Å². The van der Waals surface area contributed by atoms with Gasteiger partial charge in [0, 0.05) is 41.5 Å². The molecule has 8 nitrogen and oxygen atoms in total. The number of hydrogen-bond donors (Lipinski definition) is 2. The van der Waals surface area contributed by atoms with E-state index in [1.165, 1.54) is 0 Å². The first kappa shape index (κ1) is 22.3. The molecule has 0 saturated carbocycles. The van der Waals surface area contributed by atoms with Crippen LogP contribution in [0.5, 0.6) is 5.75 Å². The smallest absolute Gasteiger partial charge is 0.217 e. The van der Waals surface area contributed by atoms with E-state index in [1.807, 2.05) is 31.2 Å². The molecule has 1 fully saturated rings. The Balaban J connectivity index is 1.65. The molecule has 1 aliphatic rings. The Labute approximate surface area is 195 Å². The maximum Gasteiger partial charge on any atom is 0.217 e. The number of fused-ring (bicyclic) bond motifs is 1. The van der Waals surface area contributed by atoms with E-state index in [0.717, 1.165) is 57.8 Å². The number of nitrogens with one attached hydrogen (secondary N) is 2. The van der Waals surface area contributed by atoms with Gasteiger partial charge in [0.05, 0.1) is 24.9 Å². The quantitative estimate of drug-likeness (QED) is 0.530. The zero-order chi connectivity index (χ0) is 22.8. The lowest BCUT2D eigenvalue weighted by Gasteiger charge is -2.21. The SMILES string of the molecule is COc1ccc(Br)cc1[C@@H](C)Nc1nc(C)nc2cnc(N3CC[C@@H](NC(C)=O)C3)cc12. The summed E-state index contributed by atoms with van der Waals surface area (Å²) in [6.45, 7) is 7.08. The van der Waals surface area contributed by atoms with Gasteiger partial charge in [-0.25, -0.2) is 15.0 Å². The van der Waals surface area contributed by atoms with Gasteiger partial charge in [0.25, 0.3) is 0 Å². The second kappa shape index (κ2) is 9.28. The second-order valence-electron chi connectivity index (χ2n) is 8.06. The Hall–Kier alpha value is -2.94. The minimum atomic E-state index is -0.0486. The van der Waals surface area contributed by atoms with E-state index in [4.69, 9.17) is 4.74 Å². The lowest BCUT2D eigenvalue weighted by atomic mass is 10.1. The summed E-state index contributed by atoms with van der Waals surface area (Å²) in [6.07, 6.45) is 2.69. The molecule has 168 valence electrons. The van der Waals surface area contributed by atoms with Crippen molar-refractivity contribution in [3.63, 3.8) is 0 Å². The Kier molecular flexibility index (Phi) is 6.45. The molecular weight excluding hydrogens is 472 g/mol. The molecule has 1 saturated heterocycles. The Morgan fingerprint density at radius 3 is 2.88 bits per heavy atom. The number of pyridine rings is 1. The number of rotatable bonds is 6. The van der Waals surface area contributed by atoms with Gasteiger partial charge in [0.1, 0.15) is 23.2 Å². The first-order valence-electron chi connectivity index (χ1n) is 10.6. The number of benzene rings is 1. The molecule has 2 aromatic heterocycles. The highest BCUT2D eigenvalue weighted by Gasteiger charge is 2.25. The molecule has 1 aliphatic heterocycles. The minimum absolute atomic E-state index is 0.00403. The van der Waals surface area contributed by atoms with Crippen LogP contribution in [0.15, 0.2) is 34.9 Å². The molecular formula is C23H27BrN6O2. The number of methoxy groups -OCH3 is 1. The van der Waals surface area contributed by atoms with E-state index in [9.17, 15) is 4.79 Å². The molecule has 0 aliphatic carbocycles. The van der Waals surface area contributed by atoms with E-state index in [-0.39, 0.29) is 18.0 Å². The molecule has 9 heteroatoms. The summed E-state index contributed by atoms with van der Waals surface area (Å²) in [4.78, 5) is 27.5. The maximum atomic E-state index is 11.4. The van der Waals surface area contributed by atoms with Gasteiger partial charge in [-0.3, -0.25) is 4.79 Å². The molecule has 2 atom stereocenters. The van der Waals surface area contributed by atoms with Crippen LogP contribution >= 0.6 is 15.9 Å². The van der Waals surface area contributed by atoms with Crippen LogP contribution in [0.4, 0.5) is 11.6 Å². The molecule has 1 aromatic carbocycles. The summed E-state index contributed by atoms with van der Waals surface area (Å²) >= 11 is 3.55. The van der Waals surface area contributed by atoms with Gasteiger partial charge in [0.2, 0.25) is 5.91 Å². The van der Waals surface area contributed by atoms with Crippen molar-refractivity contribution < 1.29 is 9.53 Å². The molecule has 0 radical (unpaired) electrons. The average molecular weight is 499 g/mol. The van der Waals surface area contributed by atoms with Crippen molar-refractivity contribution in [1.82, 2.24) is 20.3 Å². The summed E-state index contributed by atoms with van der Waals surface area (Å²) in [5, 5.41) is 7.44. The van der Waals surface area contributed by atoms with Gasteiger partial charge in [0.15, 0.2) is 0 Å². The first-order chi connectivity index (χ1) is 15.3. The predicted octanol–water partition coefficient (Wildman–Crippen LogP) is 3.99.